The van der Waals surface area contributed by atoms with Gasteiger partial charge < -0.3 is 15.3 Å². The molecule has 1 atom stereocenters. The number of amides is 1. The van der Waals surface area contributed by atoms with Gasteiger partial charge in [0.05, 0.1) is 0 Å². The number of pyridine rings is 1. The summed E-state index contributed by atoms with van der Waals surface area (Å²) in [5, 5.41) is 12.0. The molecule has 1 amide bonds. The van der Waals surface area contributed by atoms with Crippen LogP contribution in [0.4, 0.5) is 19.0 Å². The molecule has 3 rings (SSSR count). The zero-order valence-electron chi connectivity index (χ0n) is 12.4. The van der Waals surface area contributed by atoms with Crippen molar-refractivity contribution in [3.8, 4) is 0 Å². The zero-order chi connectivity index (χ0) is 16.7. The SMILES string of the molecule is O=C(NC1CCN(c2ncccc2F)C1)C(F)(F)C1(O)CCC1. The van der Waals surface area contributed by atoms with Gasteiger partial charge in [-0.1, -0.05) is 0 Å². The van der Waals surface area contributed by atoms with Gasteiger partial charge in [0.1, 0.15) is 5.60 Å². The molecule has 0 spiro atoms. The fourth-order valence-electron chi connectivity index (χ4n) is 2.99. The third kappa shape index (κ3) is 2.75. The molecule has 1 aliphatic carbocycles. The van der Waals surface area contributed by atoms with Crippen LogP contribution in [0.5, 0.6) is 0 Å². The van der Waals surface area contributed by atoms with Crippen molar-refractivity contribution in [1.82, 2.24) is 10.3 Å². The number of carbonyl (C=O) groups is 1. The van der Waals surface area contributed by atoms with Gasteiger partial charge in [0.2, 0.25) is 0 Å². The van der Waals surface area contributed by atoms with Gasteiger partial charge in [-0.25, -0.2) is 9.37 Å². The number of anilines is 1. The number of aliphatic hydroxyl groups is 1. The van der Waals surface area contributed by atoms with Crippen molar-refractivity contribution in [1.29, 1.82) is 0 Å². The molecule has 1 aromatic heterocycles. The number of rotatable bonds is 4. The van der Waals surface area contributed by atoms with Gasteiger partial charge in [0.25, 0.3) is 5.91 Å². The van der Waals surface area contributed by atoms with E-state index in [4.69, 9.17) is 0 Å². The summed E-state index contributed by atoms with van der Waals surface area (Å²) in [6, 6.07) is 2.21. The number of nitrogens with one attached hydrogen (secondary N) is 1. The fourth-order valence-corrected chi connectivity index (χ4v) is 2.99. The molecule has 2 N–H and O–H groups in total. The van der Waals surface area contributed by atoms with Crippen LogP contribution >= 0.6 is 0 Å². The number of nitrogens with zero attached hydrogens (tertiary/aromatic N) is 2. The molecule has 2 aliphatic rings. The van der Waals surface area contributed by atoms with Gasteiger partial charge in [-0.15, -0.1) is 0 Å². The highest BCUT2D eigenvalue weighted by molar-refractivity contribution is 5.85. The Morgan fingerprint density at radius 1 is 1.48 bits per heavy atom. The first-order chi connectivity index (χ1) is 10.8. The minimum atomic E-state index is -3.81. The molecule has 0 radical (unpaired) electrons. The van der Waals surface area contributed by atoms with E-state index in [0.717, 1.165) is 0 Å². The normalized spacial score (nSPS) is 23.5. The van der Waals surface area contributed by atoms with Crippen LogP contribution in [0, 0.1) is 5.82 Å². The Kier molecular flexibility index (Phi) is 3.95. The van der Waals surface area contributed by atoms with E-state index in [0.29, 0.717) is 19.4 Å². The Morgan fingerprint density at radius 3 is 2.83 bits per heavy atom. The van der Waals surface area contributed by atoms with Gasteiger partial charge >= 0.3 is 5.92 Å². The lowest BCUT2D eigenvalue weighted by Gasteiger charge is -2.41. The summed E-state index contributed by atoms with van der Waals surface area (Å²) < 4.78 is 41.8. The average Bonchev–Trinajstić information content (AvgIpc) is 2.93. The van der Waals surface area contributed by atoms with Crippen LogP contribution in [0.15, 0.2) is 18.3 Å². The highest BCUT2D eigenvalue weighted by atomic mass is 19.3. The third-order valence-electron chi connectivity index (χ3n) is 4.61. The van der Waals surface area contributed by atoms with E-state index in [1.807, 2.05) is 0 Å². The number of alkyl halides is 2. The fraction of sp³-hybridized carbons (Fsp3) is 0.600. The van der Waals surface area contributed by atoms with Crippen LogP contribution in [-0.4, -0.2) is 46.7 Å². The van der Waals surface area contributed by atoms with Gasteiger partial charge in [0, 0.05) is 25.3 Å². The van der Waals surface area contributed by atoms with Crippen LogP contribution in [0.25, 0.3) is 0 Å². The highest BCUT2D eigenvalue weighted by Gasteiger charge is 2.61. The van der Waals surface area contributed by atoms with Gasteiger partial charge in [-0.3, -0.25) is 4.79 Å². The summed E-state index contributed by atoms with van der Waals surface area (Å²) in [6.07, 6.45) is 2.18. The summed E-state index contributed by atoms with van der Waals surface area (Å²) in [5.74, 6) is -5.62. The van der Waals surface area contributed by atoms with Gasteiger partial charge in [-0.05, 0) is 37.8 Å². The molecule has 0 bridgehead atoms. The zero-order valence-corrected chi connectivity index (χ0v) is 12.4. The van der Waals surface area contributed by atoms with E-state index in [-0.39, 0.29) is 25.2 Å². The second-order valence-electron chi connectivity index (χ2n) is 6.17. The second kappa shape index (κ2) is 5.67. The summed E-state index contributed by atoms with van der Waals surface area (Å²) in [7, 11) is 0. The van der Waals surface area contributed by atoms with E-state index < -0.39 is 29.3 Å². The Bertz CT molecular complexity index is 607. The summed E-state index contributed by atoms with van der Waals surface area (Å²) in [4.78, 5) is 17.4. The molecule has 23 heavy (non-hydrogen) atoms. The molecule has 2 heterocycles. The largest absolute Gasteiger partial charge is 0.383 e. The summed E-state index contributed by atoms with van der Waals surface area (Å²) in [6.45, 7) is 0.614. The predicted molar refractivity (Wildman–Crippen MR) is 76.7 cm³/mol. The van der Waals surface area contributed by atoms with Crippen molar-refractivity contribution in [2.24, 2.45) is 0 Å². The molecule has 1 aliphatic heterocycles. The molecule has 0 aromatic carbocycles. The smallest absolute Gasteiger partial charge is 0.352 e. The maximum absolute atomic E-state index is 14.0. The van der Waals surface area contributed by atoms with E-state index in [2.05, 4.69) is 10.3 Å². The molecule has 1 aromatic rings. The van der Waals surface area contributed by atoms with Gasteiger partial charge in [-0.2, -0.15) is 8.78 Å². The first-order valence-electron chi connectivity index (χ1n) is 7.60. The molecular weight excluding hydrogens is 311 g/mol. The molecule has 1 unspecified atom stereocenters. The van der Waals surface area contributed by atoms with E-state index in [9.17, 15) is 23.1 Å². The van der Waals surface area contributed by atoms with Gasteiger partial charge in [0.15, 0.2) is 11.6 Å². The third-order valence-corrected chi connectivity index (χ3v) is 4.61. The maximum Gasteiger partial charge on any atom is 0.352 e. The molecule has 1 saturated heterocycles. The molecule has 126 valence electrons. The minimum absolute atomic E-state index is 0.0800. The molecule has 8 heteroatoms. The molecule has 5 nitrogen and oxygen atoms in total. The van der Waals surface area contributed by atoms with Crippen molar-refractivity contribution in [3.05, 3.63) is 24.1 Å². The minimum Gasteiger partial charge on any atom is -0.383 e. The Labute approximate surface area is 131 Å². The van der Waals surface area contributed by atoms with Crippen molar-refractivity contribution in [2.75, 3.05) is 18.0 Å². The Balaban J connectivity index is 1.62. The monoisotopic (exact) mass is 329 g/mol. The number of hydrogen-bond acceptors (Lipinski definition) is 4. The first-order valence-corrected chi connectivity index (χ1v) is 7.60. The molecule has 2 fully saturated rings. The predicted octanol–water partition coefficient (Wildman–Crippen LogP) is 1.47. The van der Waals surface area contributed by atoms with Crippen LogP contribution in [0.2, 0.25) is 0 Å². The van der Waals surface area contributed by atoms with Crippen molar-refractivity contribution in [3.63, 3.8) is 0 Å². The number of halogens is 3. The molecular formula is C15H18F3N3O2. The lowest BCUT2D eigenvalue weighted by atomic mass is 9.75. The van der Waals surface area contributed by atoms with Crippen LogP contribution in [-0.2, 0) is 4.79 Å². The van der Waals surface area contributed by atoms with Crippen molar-refractivity contribution >= 4 is 11.7 Å². The Morgan fingerprint density at radius 2 is 2.22 bits per heavy atom. The number of aromatic nitrogens is 1. The highest BCUT2D eigenvalue weighted by Crippen LogP contribution is 2.44. The van der Waals surface area contributed by atoms with Crippen LogP contribution in [0.1, 0.15) is 25.7 Å². The summed E-state index contributed by atoms with van der Waals surface area (Å²) >= 11 is 0. The molecule has 1 saturated carbocycles. The average molecular weight is 329 g/mol. The standard InChI is InChI=1S/C15H18F3N3O2/c16-11-3-1-7-19-12(11)21-8-4-10(9-21)20-13(22)15(17,18)14(23)5-2-6-14/h1,3,7,10,23H,2,4-6,8-9H2,(H,20,22). The van der Waals surface area contributed by atoms with Crippen LogP contribution < -0.4 is 10.2 Å². The lowest BCUT2D eigenvalue weighted by Crippen LogP contribution is -2.61. The topological polar surface area (TPSA) is 65.5 Å². The maximum atomic E-state index is 14.0. The van der Waals surface area contributed by atoms with Crippen molar-refractivity contribution in [2.45, 2.75) is 43.2 Å². The first kappa shape index (κ1) is 16.0. The van der Waals surface area contributed by atoms with Crippen LogP contribution in [0.3, 0.4) is 0 Å². The number of carbonyl (C=O) groups excluding carboxylic acids is 1. The van der Waals surface area contributed by atoms with E-state index >= 15 is 0 Å². The number of hydrogen-bond donors (Lipinski definition) is 2. The van der Waals surface area contributed by atoms with E-state index in [1.165, 1.54) is 18.3 Å². The summed E-state index contributed by atoms with van der Waals surface area (Å²) in [5.41, 5.74) is -2.23. The van der Waals surface area contributed by atoms with Crippen molar-refractivity contribution < 1.29 is 23.1 Å². The quantitative estimate of drug-likeness (QED) is 0.878. The lowest BCUT2D eigenvalue weighted by molar-refractivity contribution is -0.216. The second-order valence-corrected chi connectivity index (χ2v) is 6.17. The Hall–Kier alpha value is -1.83. The van der Waals surface area contributed by atoms with E-state index in [1.54, 1.807) is 4.90 Å².